The van der Waals surface area contributed by atoms with Crippen molar-refractivity contribution in [1.82, 2.24) is 14.9 Å². The Bertz CT molecular complexity index is 1530. The Morgan fingerprint density at radius 3 is 2.10 bits per heavy atom. The Morgan fingerprint density at radius 1 is 1.02 bits per heavy atom. The average Bonchev–Trinajstić information content (AvgIpc) is 3.14. The van der Waals surface area contributed by atoms with Gasteiger partial charge in [0.2, 0.25) is 0 Å². The molecule has 12 nitrogen and oxygen atoms in total. The molecular weight excluding hydrogens is 528 g/mol. The molecule has 0 aliphatic carbocycles. The lowest BCUT2D eigenvalue weighted by molar-refractivity contribution is 0.0428. The molecule has 0 bridgehead atoms. The number of benzene rings is 1. The van der Waals surface area contributed by atoms with Crippen LogP contribution in [-0.4, -0.2) is 53.1 Å². The molecule has 0 unspecified atom stereocenters. The molecule has 3 rings (SSSR count). The number of nitrogens with zero attached hydrogens (tertiary/aromatic N) is 4. The zero-order valence-electron chi connectivity index (χ0n) is 25.0. The van der Waals surface area contributed by atoms with E-state index in [1.807, 2.05) is 19.9 Å². The minimum atomic E-state index is -1.05. The molecule has 0 spiro atoms. The molecule has 2 heterocycles. The van der Waals surface area contributed by atoms with Crippen molar-refractivity contribution in [3.63, 3.8) is 0 Å². The second-order valence-corrected chi connectivity index (χ2v) is 11.3. The number of nitriles is 1. The van der Waals surface area contributed by atoms with Gasteiger partial charge in [0.05, 0.1) is 24.7 Å². The van der Waals surface area contributed by atoms with Gasteiger partial charge >= 0.3 is 18.2 Å². The van der Waals surface area contributed by atoms with Gasteiger partial charge in [-0.25, -0.2) is 19.4 Å². The van der Waals surface area contributed by atoms with Crippen molar-refractivity contribution in [2.24, 2.45) is 0 Å². The molecule has 0 saturated carbocycles. The zero-order chi connectivity index (χ0) is 30.9. The van der Waals surface area contributed by atoms with Gasteiger partial charge in [-0.2, -0.15) is 10.2 Å². The number of rotatable bonds is 4. The lowest BCUT2D eigenvalue weighted by Gasteiger charge is -2.29. The number of methoxy groups -OCH3 is 1. The lowest BCUT2D eigenvalue weighted by atomic mass is 10.1. The summed E-state index contributed by atoms with van der Waals surface area (Å²) in [6.45, 7) is 13.6. The zero-order valence-corrected chi connectivity index (χ0v) is 25.0. The fourth-order valence-electron chi connectivity index (χ4n) is 4.19. The van der Waals surface area contributed by atoms with Gasteiger partial charge in [-0.1, -0.05) is 6.07 Å². The van der Waals surface area contributed by atoms with Crippen LogP contribution in [0, 0.1) is 25.2 Å². The van der Waals surface area contributed by atoms with Gasteiger partial charge in [0.1, 0.15) is 34.2 Å². The minimum absolute atomic E-state index is 0.0635. The smallest absolute Gasteiger partial charge is 0.425 e. The molecular formula is C29H36N6O6. The molecule has 0 aliphatic rings. The first-order chi connectivity index (χ1) is 19.0. The van der Waals surface area contributed by atoms with E-state index in [1.165, 1.54) is 20.4 Å². The largest absolute Gasteiger partial charge is 0.496 e. The molecule has 0 aliphatic heterocycles. The summed E-state index contributed by atoms with van der Waals surface area (Å²) < 4.78 is 18.4. The first kappa shape index (κ1) is 30.7. The molecule has 4 amide bonds. The van der Waals surface area contributed by atoms with Crippen molar-refractivity contribution >= 4 is 40.8 Å². The number of hydrogen-bond acceptors (Lipinski definition) is 8. The first-order valence-electron chi connectivity index (χ1n) is 12.9. The molecule has 3 aromatic rings. The van der Waals surface area contributed by atoms with Crippen LogP contribution in [0.3, 0.4) is 0 Å². The van der Waals surface area contributed by atoms with Crippen LogP contribution in [0.2, 0.25) is 0 Å². The predicted octanol–water partition coefficient (Wildman–Crippen LogP) is 5.95. The monoisotopic (exact) mass is 564 g/mol. The summed E-state index contributed by atoms with van der Waals surface area (Å²) in [6, 6.07) is 6.79. The Balaban J connectivity index is 2.53. The average molecular weight is 565 g/mol. The fourth-order valence-corrected chi connectivity index (χ4v) is 4.19. The maximum Gasteiger partial charge on any atom is 0.425 e. The van der Waals surface area contributed by atoms with Crippen LogP contribution < -0.4 is 20.3 Å². The standard InChI is InChI=1S/C29H36N6O6/c1-16-11-12-21(39-10)17(2)22(16)34-23-19(13-18(15-32-23)33-25(36)31-9)20(14-30)24(34)35(26(37)40-28(3,4)5)27(38)41-29(6,7)8/h11-13,15H,1-10H3,(H2,31,33,36). The summed E-state index contributed by atoms with van der Waals surface area (Å²) in [5.74, 6) is 0.408. The van der Waals surface area contributed by atoms with Gasteiger partial charge < -0.3 is 24.8 Å². The maximum atomic E-state index is 13.7. The van der Waals surface area contributed by atoms with Crippen LogP contribution in [0.1, 0.15) is 58.2 Å². The van der Waals surface area contributed by atoms with Crippen molar-refractivity contribution in [2.75, 3.05) is 24.4 Å². The van der Waals surface area contributed by atoms with E-state index in [-0.39, 0.29) is 28.1 Å². The lowest BCUT2D eigenvalue weighted by Crippen LogP contribution is -2.45. The minimum Gasteiger partial charge on any atom is -0.496 e. The van der Waals surface area contributed by atoms with Gasteiger partial charge in [-0.15, -0.1) is 0 Å². The molecule has 1 aromatic carbocycles. The van der Waals surface area contributed by atoms with Crippen molar-refractivity contribution < 1.29 is 28.6 Å². The number of anilines is 2. The Morgan fingerprint density at radius 2 is 1.61 bits per heavy atom. The van der Waals surface area contributed by atoms with Crippen LogP contribution in [-0.2, 0) is 9.47 Å². The number of fused-ring (bicyclic) bond motifs is 1. The molecule has 41 heavy (non-hydrogen) atoms. The summed E-state index contributed by atoms with van der Waals surface area (Å²) in [7, 11) is 2.99. The van der Waals surface area contributed by atoms with Crippen molar-refractivity contribution in [1.29, 1.82) is 5.26 Å². The van der Waals surface area contributed by atoms with E-state index < -0.39 is 29.4 Å². The van der Waals surface area contributed by atoms with Gasteiger partial charge in [0.25, 0.3) is 0 Å². The summed E-state index contributed by atoms with van der Waals surface area (Å²) in [5.41, 5.74) is 0.449. The number of hydrogen-bond donors (Lipinski definition) is 2. The quantitative estimate of drug-likeness (QED) is 0.395. The molecule has 0 fully saturated rings. The number of urea groups is 1. The van der Waals surface area contributed by atoms with Crippen molar-refractivity contribution in [3.05, 3.63) is 41.1 Å². The van der Waals surface area contributed by atoms with Crippen molar-refractivity contribution in [3.8, 4) is 17.5 Å². The Labute approximate surface area is 239 Å². The topological polar surface area (TPSA) is 148 Å². The number of amides is 4. The summed E-state index contributed by atoms with van der Waals surface area (Å²) in [6.07, 6.45) is -0.682. The maximum absolute atomic E-state index is 13.7. The van der Waals surface area contributed by atoms with Gasteiger partial charge in [-0.3, -0.25) is 4.57 Å². The van der Waals surface area contributed by atoms with E-state index in [4.69, 9.17) is 14.2 Å². The molecule has 2 N–H and O–H groups in total. The molecule has 2 aromatic heterocycles. The van der Waals surface area contributed by atoms with Crippen LogP contribution in [0.15, 0.2) is 24.4 Å². The second kappa shape index (κ2) is 11.4. The Kier molecular flexibility index (Phi) is 8.52. The van der Waals surface area contributed by atoms with E-state index in [2.05, 4.69) is 21.7 Å². The third kappa shape index (κ3) is 6.51. The van der Waals surface area contributed by atoms with E-state index in [9.17, 15) is 19.6 Å². The molecule has 0 atom stereocenters. The fraction of sp³-hybridized carbons (Fsp3) is 0.414. The highest BCUT2D eigenvalue weighted by Gasteiger charge is 2.39. The normalized spacial score (nSPS) is 11.4. The number of imide groups is 1. The van der Waals surface area contributed by atoms with E-state index in [0.29, 0.717) is 21.9 Å². The van der Waals surface area contributed by atoms with E-state index in [0.717, 1.165) is 5.56 Å². The van der Waals surface area contributed by atoms with E-state index >= 15 is 0 Å². The molecule has 218 valence electrons. The van der Waals surface area contributed by atoms with Gasteiger partial charge in [-0.05, 0) is 73.1 Å². The number of pyridine rings is 1. The predicted molar refractivity (Wildman–Crippen MR) is 155 cm³/mol. The number of carbonyl (C=O) groups is 3. The van der Waals surface area contributed by atoms with Crippen LogP contribution >= 0.6 is 0 Å². The molecule has 12 heteroatoms. The molecule has 0 saturated heterocycles. The SMILES string of the molecule is CNC(=O)Nc1cnc2c(c1)c(C#N)c(N(C(=O)OC(C)(C)C)C(=O)OC(C)(C)C)n2-c1c(C)ccc(OC)c1C. The second-order valence-electron chi connectivity index (χ2n) is 11.3. The van der Waals surface area contributed by atoms with Gasteiger partial charge in [0.15, 0.2) is 5.82 Å². The molecule has 0 radical (unpaired) electrons. The number of aromatic nitrogens is 2. The van der Waals surface area contributed by atoms with Gasteiger partial charge in [0, 0.05) is 18.0 Å². The highest BCUT2D eigenvalue weighted by molar-refractivity contribution is 6.13. The number of ether oxygens (including phenoxy) is 3. The Hall–Kier alpha value is -4.79. The van der Waals surface area contributed by atoms with Crippen LogP contribution in [0.25, 0.3) is 16.7 Å². The highest BCUT2D eigenvalue weighted by atomic mass is 16.6. The highest BCUT2D eigenvalue weighted by Crippen LogP contribution is 2.40. The summed E-state index contributed by atoms with van der Waals surface area (Å²) in [5, 5.41) is 15.8. The summed E-state index contributed by atoms with van der Waals surface area (Å²) >= 11 is 0. The third-order valence-corrected chi connectivity index (χ3v) is 5.77. The number of nitrogens with one attached hydrogen (secondary N) is 2. The van der Waals surface area contributed by atoms with Crippen LogP contribution in [0.4, 0.5) is 25.9 Å². The van der Waals surface area contributed by atoms with Crippen molar-refractivity contribution in [2.45, 2.75) is 66.6 Å². The van der Waals surface area contributed by atoms with Crippen LogP contribution in [0.5, 0.6) is 5.75 Å². The third-order valence-electron chi connectivity index (χ3n) is 5.77. The summed E-state index contributed by atoms with van der Waals surface area (Å²) in [4.78, 5) is 44.7. The van der Waals surface area contributed by atoms with E-state index in [1.54, 1.807) is 58.2 Å². The number of aryl methyl sites for hydroxylation is 1. The first-order valence-corrected chi connectivity index (χ1v) is 12.9. The number of carbonyl (C=O) groups excluding carboxylic acids is 3.